The Bertz CT molecular complexity index is 1540. The second-order valence-electron chi connectivity index (χ2n) is 14.7. The number of aromatic carboxylic acids is 1. The molecule has 4 atom stereocenters. The van der Waals surface area contributed by atoms with Crippen LogP contribution in [0, 0.1) is 5.41 Å². The van der Waals surface area contributed by atoms with Gasteiger partial charge in [-0.05, 0) is 86.8 Å². The molecule has 1 heterocycles. The number of nitrogens with zero attached hydrogens (tertiary/aromatic N) is 2. The molecule has 4 rings (SSSR count). The highest BCUT2D eigenvalue weighted by Crippen LogP contribution is 2.32. The van der Waals surface area contributed by atoms with Crippen molar-refractivity contribution in [2.24, 2.45) is 5.41 Å². The van der Waals surface area contributed by atoms with Gasteiger partial charge in [-0.2, -0.15) is 0 Å². The number of hydrogen-bond acceptors (Lipinski definition) is 6. The van der Waals surface area contributed by atoms with Gasteiger partial charge in [0.15, 0.2) is 0 Å². The number of carboxylic acid groups (broad SMARTS) is 1. The Morgan fingerprint density at radius 1 is 0.979 bits per heavy atom. The fourth-order valence-corrected chi connectivity index (χ4v) is 6.10. The monoisotopic (exact) mass is 648 g/mol. The summed E-state index contributed by atoms with van der Waals surface area (Å²) in [6.45, 7) is 12.2. The molecule has 4 amide bonds. The maximum atomic E-state index is 14.5. The van der Waals surface area contributed by atoms with Crippen molar-refractivity contribution in [3.05, 3.63) is 70.3 Å². The molecule has 0 saturated carbocycles. The van der Waals surface area contributed by atoms with Crippen molar-refractivity contribution in [2.75, 3.05) is 7.05 Å². The van der Waals surface area contributed by atoms with E-state index in [1.165, 1.54) is 34.5 Å². The molecule has 11 nitrogen and oxygen atoms in total. The standard InChI is InChI=1S/C36H48N4O7/c1-21(39(8)34(46)47-36(5,6)7)30(41)38-29(35(2,3)4)32(43)40-20-25-18-24(33(44)45)17-16-23(25)19-28(40)31(42)37-27-15-11-13-22-12-9-10-14-26(22)27/h9-10,12,14,16-18,21,27-29H,11,13,15,19-20H2,1-8H3,(H,37,42)(H,38,41)(H,44,45)/t21-,27+,28-,29+/m0/s1. The van der Waals surface area contributed by atoms with Crippen LogP contribution in [-0.2, 0) is 38.5 Å². The number of carboxylic acids is 1. The molecule has 1 aliphatic carbocycles. The van der Waals surface area contributed by atoms with Crippen molar-refractivity contribution in [3.8, 4) is 0 Å². The van der Waals surface area contributed by atoms with Gasteiger partial charge in [-0.15, -0.1) is 0 Å². The van der Waals surface area contributed by atoms with E-state index in [-0.39, 0.29) is 30.5 Å². The zero-order chi connectivity index (χ0) is 34.8. The van der Waals surface area contributed by atoms with Crippen LogP contribution in [0.4, 0.5) is 4.79 Å². The molecule has 1 aliphatic heterocycles. The molecule has 0 saturated heterocycles. The number of carbonyl (C=O) groups excluding carboxylic acids is 4. The summed E-state index contributed by atoms with van der Waals surface area (Å²) in [5.74, 6) is -2.44. The number of aryl methyl sites for hydroxylation is 1. The smallest absolute Gasteiger partial charge is 0.410 e. The SMILES string of the molecule is C[C@@H](C(=O)N[C@H](C(=O)N1Cc2cc(C(=O)O)ccc2C[C@H]1C(=O)N[C@@H]1CCCc2ccccc21)C(C)(C)C)N(C)C(=O)OC(C)(C)C. The number of nitrogens with one attached hydrogen (secondary N) is 2. The molecule has 254 valence electrons. The molecule has 2 aromatic carbocycles. The Labute approximate surface area is 277 Å². The Morgan fingerprint density at radius 2 is 1.66 bits per heavy atom. The van der Waals surface area contributed by atoms with Crippen LogP contribution in [0.5, 0.6) is 0 Å². The van der Waals surface area contributed by atoms with Crippen LogP contribution >= 0.6 is 0 Å². The lowest BCUT2D eigenvalue weighted by atomic mass is 9.83. The average molecular weight is 649 g/mol. The Kier molecular flexibility index (Phi) is 10.4. The number of hydrogen-bond donors (Lipinski definition) is 3. The number of likely N-dealkylation sites (N-methyl/N-ethyl adjacent to an activating group) is 1. The van der Waals surface area contributed by atoms with E-state index in [0.717, 1.165) is 30.4 Å². The number of amides is 4. The summed E-state index contributed by atoms with van der Waals surface area (Å²) in [5, 5.41) is 15.7. The molecule has 0 radical (unpaired) electrons. The fourth-order valence-electron chi connectivity index (χ4n) is 6.10. The molecule has 11 heteroatoms. The number of fused-ring (bicyclic) bond motifs is 2. The molecular weight excluding hydrogens is 600 g/mol. The zero-order valence-electron chi connectivity index (χ0n) is 28.7. The summed E-state index contributed by atoms with van der Waals surface area (Å²) >= 11 is 0. The summed E-state index contributed by atoms with van der Waals surface area (Å²) in [5.41, 5.74) is 2.20. The van der Waals surface area contributed by atoms with E-state index in [9.17, 15) is 29.1 Å². The van der Waals surface area contributed by atoms with E-state index in [4.69, 9.17) is 4.74 Å². The van der Waals surface area contributed by atoms with Crippen molar-refractivity contribution < 1.29 is 33.8 Å². The predicted molar refractivity (Wildman–Crippen MR) is 177 cm³/mol. The third-order valence-electron chi connectivity index (χ3n) is 8.90. The first-order valence-electron chi connectivity index (χ1n) is 16.2. The Balaban J connectivity index is 1.64. The lowest BCUT2D eigenvalue weighted by Gasteiger charge is -2.42. The van der Waals surface area contributed by atoms with Crippen molar-refractivity contribution in [1.29, 1.82) is 0 Å². The van der Waals surface area contributed by atoms with Gasteiger partial charge in [0.05, 0.1) is 11.6 Å². The number of ether oxygens (including phenoxy) is 1. The molecule has 2 aromatic rings. The maximum absolute atomic E-state index is 14.5. The topological polar surface area (TPSA) is 145 Å². The first kappa shape index (κ1) is 35.4. The fraction of sp³-hybridized carbons (Fsp3) is 0.528. The van der Waals surface area contributed by atoms with Gasteiger partial charge < -0.3 is 25.4 Å². The lowest BCUT2D eigenvalue weighted by Crippen LogP contribution is -2.62. The van der Waals surface area contributed by atoms with Gasteiger partial charge in [0.1, 0.15) is 23.7 Å². The molecule has 0 spiro atoms. The number of benzene rings is 2. The van der Waals surface area contributed by atoms with Gasteiger partial charge in [0, 0.05) is 20.0 Å². The molecule has 2 aliphatic rings. The first-order chi connectivity index (χ1) is 21.9. The summed E-state index contributed by atoms with van der Waals surface area (Å²) in [6.07, 6.45) is 2.13. The van der Waals surface area contributed by atoms with Crippen molar-refractivity contribution in [2.45, 2.75) is 110 Å². The predicted octanol–water partition coefficient (Wildman–Crippen LogP) is 4.62. The van der Waals surface area contributed by atoms with Crippen LogP contribution in [0.15, 0.2) is 42.5 Å². The van der Waals surface area contributed by atoms with Gasteiger partial charge in [-0.1, -0.05) is 51.1 Å². The Morgan fingerprint density at radius 3 is 2.30 bits per heavy atom. The van der Waals surface area contributed by atoms with Crippen LogP contribution in [0.2, 0.25) is 0 Å². The Hall–Kier alpha value is -4.41. The van der Waals surface area contributed by atoms with Gasteiger partial charge in [0.25, 0.3) is 0 Å². The highest BCUT2D eigenvalue weighted by molar-refractivity contribution is 5.95. The molecule has 47 heavy (non-hydrogen) atoms. The van der Waals surface area contributed by atoms with E-state index >= 15 is 0 Å². The summed E-state index contributed by atoms with van der Waals surface area (Å²) in [4.78, 5) is 69.3. The molecule has 0 bridgehead atoms. The minimum Gasteiger partial charge on any atom is -0.478 e. The van der Waals surface area contributed by atoms with Crippen molar-refractivity contribution in [1.82, 2.24) is 20.4 Å². The van der Waals surface area contributed by atoms with E-state index in [1.54, 1.807) is 33.8 Å². The largest absolute Gasteiger partial charge is 0.478 e. The lowest BCUT2D eigenvalue weighted by molar-refractivity contribution is -0.147. The normalized spacial score (nSPS) is 18.9. The first-order valence-corrected chi connectivity index (χ1v) is 16.2. The zero-order valence-corrected chi connectivity index (χ0v) is 28.7. The van der Waals surface area contributed by atoms with E-state index in [2.05, 4.69) is 16.7 Å². The molecule has 0 fully saturated rings. The number of carbonyl (C=O) groups is 5. The van der Waals surface area contributed by atoms with Gasteiger partial charge in [-0.25, -0.2) is 9.59 Å². The van der Waals surface area contributed by atoms with Gasteiger partial charge in [-0.3, -0.25) is 19.3 Å². The molecule has 0 unspecified atom stereocenters. The second-order valence-corrected chi connectivity index (χ2v) is 14.7. The highest BCUT2D eigenvalue weighted by atomic mass is 16.6. The summed E-state index contributed by atoms with van der Waals surface area (Å²) < 4.78 is 5.42. The van der Waals surface area contributed by atoms with Crippen LogP contribution in [-0.4, -0.2) is 75.5 Å². The quantitative estimate of drug-likeness (QED) is 0.397. The summed E-state index contributed by atoms with van der Waals surface area (Å²) in [6, 6.07) is 9.63. The van der Waals surface area contributed by atoms with Crippen molar-refractivity contribution in [3.63, 3.8) is 0 Å². The minimum atomic E-state index is -1.09. The van der Waals surface area contributed by atoms with Crippen LogP contribution in [0.3, 0.4) is 0 Å². The molecule has 3 N–H and O–H groups in total. The molecular formula is C36H48N4O7. The third-order valence-corrected chi connectivity index (χ3v) is 8.90. The van der Waals surface area contributed by atoms with Crippen molar-refractivity contribution >= 4 is 29.8 Å². The third kappa shape index (κ3) is 8.31. The minimum absolute atomic E-state index is 0.00948. The van der Waals surface area contributed by atoms with Gasteiger partial charge in [0.2, 0.25) is 17.7 Å². The average Bonchev–Trinajstić information content (AvgIpc) is 3.00. The summed E-state index contributed by atoms with van der Waals surface area (Å²) in [7, 11) is 1.46. The van der Waals surface area contributed by atoms with Crippen LogP contribution in [0.25, 0.3) is 0 Å². The number of rotatable bonds is 7. The van der Waals surface area contributed by atoms with E-state index < -0.39 is 53.0 Å². The van der Waals surface area contributed by atoms with Crippen LogP contribution in [0.1, 0.15) is 100.0 Å². The second kappa shape index (κ2) is 13.8. The molecule has 0 aromatic heterocycles. The maximum Gasteiger partial charge on any atom is 0.410 e. The van der Waals surface area contributed by atoms with E-state index in [0.29, 0.717) is 5.56 Å². The highest BCUT2D eigenvalue weighted by Gasteiger charge is 2.43. The van der Waals surface area contributed by atoms with Crippen LogP contribution < -0.4 is 10.6 Å². The van der Waals surface area contributed by atoms with Gasteiger partial charge >= 0.3 is 12.1 Å². The van der Waals surface area contributed by atoms with E-state index in [1.807, 2.05) is 39.0 Å².